The minimum atomic E-state index is -0.444. The Morgan fingerprint density at radius 2 is 2.06 bits per heavy atom. The monoisotopic (exact) mass is 423 g/mol. The normalized spacial score (nSPS) is 21.1. The van der Waals surface area contributed by atoms with Gasteiger partial charge in [-0.1, -0.05) is 11.2 Å². The molecule has 2 saturated heterocycles. The number of pyridine rings is 1. The van der Waals surface area contributed by atoms with E-state index in [1.807, 2.05) is 18.2 Å². The number of aliphatic hydroxyl groups excluding tert-OH is 1. The number of carbonyl (C=O) groups excluding carboxylic acids is 1. The van der Waals surface area contributed by atoms with E-state index in [1.54, 1.807) is 11.0 Å². The number of likely N-dealkylation sites (tertiary alicyclic amines) is 2. The van der Waals surface area contributed by atoms with E-state index in [-0.39, 0.29) is 11.7 Å². The van der Waals surface area contributed by atoms with Gasteiger partial charge in [-0.25, -0.2) is 4.98 Å². The molecule has 5 heterocycles. The maximum Gasteiger partial charge on any atom is 0.292 e. The van der Waals surface area contributed by atoms with Crippen molar-refractivity contribution in [3.05, 3.63) is 53.3 Å². The van der Waals surface area contributed by atoms with Crippen LogP contribution < -0.4 is 0 Å². The molecule has 0 radical (unpaired) electrons. The summed E-state index contributed by atoms with van der Waals surface area (Å²) in [4.78, 5) is 21.5. The van der Waals surface area contributed by atoms with E-state index in [1.165, 1.54) is 5.69 Å². The molecular weight excluding hydrogens is 394 g/mol. The fourth-order valence-corrected chi connectivity index (χ4v) is 4.83. The second kappa shape index (κ2) is 8.43. The molecule has 8 heteroatoms. The van der Waals surface area contributed by atoms with Gasteiger partial charge in [-0.15, -0.1) is 0 Å². The second-order valence-electron chi connectivity index (χ2n) is 8.79. The zero-order valence-corrected chi connectivity index (χ0v) is 17.9. The smallest absolute Gasteiger partial charge is 0.292 e. The molecule has 2 aliphatic rings. The SMILES string of the molecule is Cc1nc2ccccn2c1CN1CCC(c2cc(C(=O)N3CCCC(O)C3)on2)CC1. The van der Waals surface area contributed by atoms with E-state index >= 15 is 0 Å². The number of rotatable bonds is 4. The van der Waals surface area contributed by atoms with Crippen LogP contribution in [0.4, 0.5) is 0 Å². The van der Waals surface area contributed by atoms with Crippen LogP contribution in [-0.2, 0) is 6.54 Å². The summed E-state index contributed by atoms with van der Waals surface area (Å²) in [5.74, 6) is 0.419. The lowest BCUT2D eigenvalue weighted by atomic mass is 9.93. The lowest BCUT2D eigenvalue weighted by molar-refractivity contribution is 0.0441. The molecule has 1 unspecified atom stereocenters. The van der Waals surface area contributed by atoms with Gasteiger partial charge in [0.2, 0.25) is 5.76 Å². The summed E-state index contributed by atoms with van der Waals surface area (Å²) in [5, 5.41) is 14.0. The third kappa shape index (κ3) is 4.09. The number of carbonyl (C=O) groups is 1. The molecule has 0 aliphatic carbocycles. The number of β-amino-alcohol motifs (C(OH)–C–C–N with tert-alkyl or cyclic N) is 1. The van der Waals surface area contributed by atoms with E-state index < -0.39 is 6.10 Å². The fourth-order valence-electron chi connectivity index (χ4n) is 4.83. The Morgan fingerprint density at radius 1 is 1.23 bits per heavy atom. The van der Waals surface area contributed by atoms with Gasteiger partial charge in [-0.2, -0.15) is 0 Å². The maximum absolute atomic E-state index is 12.7. The molecule has 0 bridgehead atoms. The van der Waals surface area contributed by atoms with Crippen LogP contribution in [-0.4, -0.2) is 67.6 Å². The summed E-state index contributed by atoms with van der Waals surface area (Å²) in [7, 11) is 0. The zero-order valence-electron chi connectivity index (χ0n) is 17.9. The molecule has 0 aromatic carbocycles. The first kappa shape index (κ1) is 20.2. The van der Waals surface area contributed by atoms with Gasteiger partial charge in [0.25, 0.3) is 5.91 Å². The van der Waals surface area contributed by atoms with E-state index in [4.69, 9.17) is 4.52 Å². The van der Waals surface area contributed by atoms with Gasteiger partial charge in [-0.05, 0) is 57.8 Å². The highest BCUT2D eigenvalue weighted by molar-refractivity contribution is 5.91. The molecule has 5 rings (SSSR count). The Balaban J connectivity index is 1.20. The number of piperidine rings is 2. The van der Waals surface area contributed by atoms with E-state index in [0.717, 1.165) is 62.4 Å². The molecule has 8 nitrogen and oxygen atoms in total. The fraction of sp³-hybridized carbons (Fsp3) is 0.522. The van der Waals surface area contributed by atoms with Gasteiger partial charge in [0, 0.05) is 37.8 Å². The maximum atomic E-state index is 12.7. The molecule has 164 valence electrons. The van der Waals surface area contributed by atoms with Gasteiger partial charge in [-0.3, -0.25) is 9.69 Å². The highest BCUT2D eigenvalue weighted by Gasteiger charge is 2.29. The molecular formula is C23H29N5O3. The summed E-state index contributed by atoms with van der Waals surface area (Å²) in [6.45, 7) is 5.92. The second-order valence-corrected chi connectivity index (χ2v) is 8.79. The van der Waals surface area contributed by atoms with Crippen LogP contribution in [0, 0.1) is 6.92 Å². The van der Waals surface area contributed by atoms with Crippen molar-refractivity contribution in [2.75, 3.05) is 26.2 Å². The molecule has 1 amide bonds. The van der Waals surface area contributed by atoms with Crippen LogP contribution in [0.1, 0.15) is 59.2 Å². The Kier molecular flexibility index (Phi) is 5.50. The lowest BCUT2D eigenvalue weighted by Gasteiger charge is -2.31. The molecule has 1 N–H and O–H groups in total. The lowest BCUT2D eigenvalue weighted by Crippen LogP contribution is -2.42. The Labute approximate surface area is 181 Å². The molecule has 3 aromatic rings. The highest BCUT2D eigenvalue weighted by Crippen LogP contribution is 2.29. The van der Waals surface area contributed by atoms with Crippen molar-refractivity contribution in [2.45, 2.75) is 51.2 Å². The third-order valence-electron chi connectivity index (χ3n) is 6.63. The first-order chi connectivity index (χ1) is 15.1. The summed E-state index contributed by atoms with van der Waals surface area (Å²) < 4.78 is 7.57. The van der Waals surface area contributed by atoms with Crippen molar-refractivity contribution >= 4 is 11.6 Å². The Hall–Kier alpha value is -2.71. The topological polar surface area (TPSA) is 87.1 Å². The van der Waals surface area contributed by atoms with Crippen LogP contribution in [0.5, 0.6) is 0 Å². The number of amides is 1. The largest absolute Gasteiger partial charge is 0.391 e. The van der Waals surface area contributed by atoms with Gasteiger partial charge in [0.05, 0.1) is 23.2 Å². The predicted molar refractivity (Wildman–Crippen MR) is 115 cm³/mol. The summed E-state index contributed by atoms with van der Waals surface area (Å²) in [6, 6.07) is 7.90. The van der Waals surface area contributed by atoms with E-state index in [0.29, 0.717) is 19.0 Å². The van der Waals surface area contributed by atoms with Gasteiger partial charge in [0.15, 0.2) is 0 Å². The molecule has 0 saturated carbocycles. The minimum Gasteiger partial charge on any atom is -0.391 e. The average Bonchev–Trinajstić information content (AvgIpc) is 3.39. The van der Waals surface area contributed by atoms with Crippen molar-refractivity contribution in [2.24, 2.45) is 0 Å². The number of aliphatic hydroxyl groups is 1. The Morgan fingerprint density at radius 3 is 2.87 bits per heavy atom. The molecule has 1 atom stereocenters. The molecule has 31 heavy (non-hydrogen) atoms. The van der Waals surface area contributed by atoms with E-state index in [2.05, 4.69) is 32.6 Å². The van der Waals surface area contributed by atoms with Crippen molar-refractivity contribution in [3.8, 4) is 0 Å². The third-order valence-corrected chi connectivity index (χ3v) is 6.63. The predicted octanol–water partition coefficient (Wildman–Crippen LogP) is 2.61. The van der Waals surface area contributed by atoms with Gasteiger partial charge in [0.1, 0.15) is 5.65 Å². The number of aryl methyl sites for hydroxylation is 1. The highest BCUT2D eigenvalue weighted by atomic mass is 16.5. The van der Waals surface area contributed by atoms with Crippen LogP contribution in [0.15, 0.2) is 35.0 Å². The van der Waals surface area contributed by atoms with Crippen molar-refractivity contribution in [1.82, 2.24) is 24.3 Å². The van der Waals surface area contributed by atoms with Crippen LogP contribution in [0.3, 0.4) is 0 Å². The number of nitrogens with zero attached hydrogens (tertiary/aromatic N) is 5. The molecule has 3 aromatic heterocycles. The van der Waals surface area contributed by atoms with Crippen molar-refractivity contribution < 1.29 is 14.4 Å². The van der Waals surface area contributed by atoms with Gasteiger partial charge < -0.3 is 18.9 Å². The van der Waals surface area contributed by atoms with Crippen molar-refractivity contribution in [3.63, 3.8) is 0 Å². The summed E-state index contributed by atoms with van der Waals surface area (Å²) in [6.07, 6.45) is 5.17. The first-order valence-corrected chi connectivity index (χ1v) is 11.2. The quantitative estimate of drug-likeness (QED) is 0.694. The average molecular weight is 424 g/mol. The Bertz CT molecular complexity index is 1070. The van der Waals surface area contributed by atoms with Crippen LogP contribution in [0.2, 0.25) is 0 Å². The van der Waals surface area contributed by atoms with Crippen molar-refractivity contribution in [1.29, 1.82) is 0 Å². The summed E-state index contributed by atoms with van der Waals surface area (Å²) in [5.41, 5.74) is 4.18. The molecule has 0 spiro atoms. The zero-order chi connectivity index (χ0) is 21.4. The van der Waals surface area contributed by atoms with Gasteiger partial charge >= 0.3 is 0 Å². The standard InChI is InChI=1S/C23H29N5O3/c1-16-20(28-10-3-2-6-22(28)24-16)15-26-11-7-17(8-12-26)19-13-21(31-25-19)23(30)27-9-4-5-18(29)14-27/h2-3,6,10,13,17-18,29H,4-5,7-9,11-12,14-15H2,1H3. The molecule has 2 fully saturated rings. The van der Waals surface area contributed by atoms with E-state index in [9.17, 15) is 9.90 Å². The number of aromatic nitrogens is 3. The first-order valence-electron chi connectivity index (χ1n) is 11.2. The number of imidazole rings is 1. The summed E-state index contributed by atoms with van der Waals surface area (Å²) >= 11 is 0. The van der Waals surface area contributed by atoms with Crippen LogP contribution >= 0.6 is 0 Å². The minimum absolute atomic E-state index is 0.168. The number of hydrogen-bond donors (Lipinski definition) is 1. The molecule has 2 aliphatic heterocycles. The number of fused-ring (bicyclic) bond motifs is 1. The number of hydrogen-bond acceptors (Lipinski definition) is 6. The van der Waals surface area contributed by atoms with Crippen LogP contribution in [0.25, 0.3) is 5.65 Å².